The van der Waals surface area contributed by atoms with E-state index in [2.05, 4.69) is 11.8 Å². The normalized spacial score (nSPS) is 21.3. The summed E-state index contributed by atoms with van der Waals surface area (Å²) in [4.78, 5) is 14.6. The lowest BCUT2D eigenvalue weighted by Crippen LogP contribution is -2.39. The molecule has 2 heterocycles. The smallest absolute Gasteiger partial charge is 0.325 e. The molecule has 1 N–H and O–H groups in total. The molecule has 3 nitrogen and oxygen atoms in total. The molecule has 82 valence electrons. The van der Waals surface area contributed by atoms with Crippen LogP contribution in [-0.4, -0.2) is 29.1 Å². The summed E-state index contributed by atoms with van der Waals surface area (Å²) in [7, 11) is 0. The molecule has 0 fully saturated rings. The number of rotatable bonds is 3. The van der Waals surface area contributed by atoms with Crippen molar-refractivity contribution in [3.8, 4) is 0 Å². The third-order valence-electron chi connectivity index (χ3n) is 2.81. The summed E-state index contributed by atoms with van der Waals surface area (Å²) in [5.74, 6) is -0.720. The molecule has 0 saturated carbocycles. The molecule has 0 aliphatic carbocycles. The summed E-state index contributed by atoms with van der Waals surface area (Å²) in [5.41, 5.74) is 1.01. The van der Waals surface area contributed by atoms with Crippen molar-refractivity contribution in [3.05, 3.63) is 21.9 Å². The second-order valence-corrected chi connectivity index (χ2v) is 4.83. The first-order valence-electron chi connectivity index (χ1n) is 5.27. The zero-order valence-corrected chi connectivity index (χ0v) is 9.59. The average molecular weight is 225 g/mol. The minimum atomic E-state index is -0.720. The van der Waals surface area contributed by atoms with Crippen LogP contribution < -0.4 is 0 Å². The molecular weight excluding hydrogens is 210 g/mol. The fraction of sp³-hybridized carbons (Fsp3) is 0.545. The predicted octanol–water partition coefficient (Wildman–Crippen LogP) is 2.14. The molecule has 0 aromatic carbocycles. The highest BCUT2D eigenvalue weighted by molar-refractivity contribution is 7.10. The molecule has 15 heavy (non-hydrogen) atoms. The Hall–Kier alpha value is -0.870. The van der Waals surface area contributed by atoms with Crippen LogP contribution in [0.2, 0.25) is 0 Å². The Morgan fingerprint density at radius 2 is 2.53 bits per heavy atom. The summed E-state index contributed by atoms with van der Waals surface area (Å²) in [5, 5.41) is 11.3. The highest BCUT2D eigenvalue weighted by atomic mass is 32.1. The Morgan fingerprint density at radius 3 is 3.20 bits per heavy atom. The lowest BCUT2D eigenvalue weighted by atomic mass is 10.00. The third-order valence-corrected chi connectivity index (χ3v) is 3.81. The van der Waals surface area contributed by atoms with Crippen LogP contribution in [-0.2, 0) is 11.2 Å². The molecular formula is C11H15NO2S. The molecule has 0 spiro atoms. The molecule has 1 aliphatic rings. The van der Waals surface area contributed by atoms with Crippen molar-refractivity contribution < 1.29 is 9.90 Å². The Balaban J connectivity index is 2.30. The molecule has 1 aromatic rings. The van der Waals surface area contributed by atoms with Crippen molar-refractivity contribution in [2.45, 2.75) is 25.8 Å². The van der Waals surface area contributed by atoms with Crippen LogP contribution in [0.15, 0.2) is 11.4 Å². The summed E-state index contributed by atoms with van der Waals surface area (Å²) in [6.07, 6.45) is 2.00. The first kappa shape index (κ1) is 10.6. The molecule has 1 aromatic heterocycles. The monoisotopic (exact) mass is 225 g/mol. The summed E-state index contributed by atoms with van der Waals surface area (Å²) in [6, 6.07) is 1.54. The van der Waals surface area contributed by atoms with E-state index in [9.17, 15) is 9.90 Å². The maximum Gasteiger partial charge on any atom is 0.325 e. The van der Waals surface area contributed by atoms with Gasteiger partial charge < -0.3 is 5.11 Å². The number of fused-ring (bicyclic) bond motifs is 1. The van der Waals surface area contributed by atoms with Crippen molar-refractivity contribution in [2.24, 2.45) is 0 Å². The number of carbonyl (C=O) groups is 1. The van der Waals surface area contributed by atoms with E-state index < -0.39 is 12.0 Å². The van der Waals surface area contributed by atoms with Gasteiger partial charge in [-0.25, -0.2) is 0 Å². The van der Waals surface area contributed by atoms with E-state index in [1.54, 1.807) is 11.3 Å². The lowest BCUT2D eigenvalue weighted by Gasteiger charge is -2.32. The average Bonchev–Trinajstić information content (AvgIpc) is 2.64. The fourth-order valence-corrected chi connectivity index (χ4v) is 3.09. The molecule has 1 aliphatic heterocycles. The zero-order valence-electron chi connectivity index (χ0n) is 8.77. The van der Waals surface area contributed by atoms with E-state index in [4.69, 9.17) is 0 Å². The predicted molar refractivity (Wildman–Crippen MR) is 60.3 cm³/mol. The number of hydrogen-bond acceptors (Lipinski definition) is 3. The van der Waals surface area contributed by atoms with Crippen LogP contribution in [0.4, 0.5) is 0 Å². The van der Waals surface area contributed by atoms with Gasteiger partial charge in [-0.1, -0.05) is 6.92 Å². The Kier molecular flexibility index (Phi) is 3.07. The van der Waals surface area contributed by atoms with Gasteiger partial charge in [0.15, 0.2) is 0 Å². The second-order valence-electron chi connectivity index (χ2n) is 3.83. The number of carboxylic acids is 1. The van der Waals surface area contributed by atoms with Crippen LogP contribution in [0.3, 0.4) is 0 Å². The van der Waals surface area contributed by atoms with Gasteiger partial charge >= 0.3 is 5.97 Å². The molecule has 1 atom stereocenters. The lowest BCUT2D eigenvalue weighted by molar-refractivity contribution is -0.144. The van der Waals surface area contributed by atoms with Gasteiger partial charge in [-0.3, -0.25) is 9.69 Å². The first-order chi connectivity index (χ1) is 7.24. The number of hydrogen-bond donors (Lipinski definition) is 1. The molecule has 0 saturated heterocycles. The van der Waals surface area contributed by atoms with Gasteiger partial charge in [-0.15, -0.1) is 11.3 Å². The summed E-state index contributed by atoms with van der Waals surface area (Å²) in [6.45, 7) is 3.83. The molecule has 0 bridgehead atoms. The van der Waals surface area contributed by atoms with E-state index in [-0.39, 0.29) is 0 Å². The van der Waals surface area contributed by atoms with Crippen LogP contribution in [0.1, 0.15) is 29.8 Å². The maximum atomic E-state index is 11.3. The van der Waals surface area contributed by atoms with Gasteiger partial charge in [0.1, 0.15) is 6.04 Å². The van der Waals surface area contributed by atoms with Crippen molar-refractivity contribution >= 4 is 17.3 Å². The van der Waals surface area contributed by atoms with Crippen molar-refractivity contribution in [3.63, 3.8) is 0 Å². The molecule has 0 amide bonds. The van der Waals surface area contributed by atoms with Gasteiger partial charge in [0.05, 0.1) is 0 Å². The van der Waals surface area contributed by atoms with Crippen molar-refractivity contribution in [1.82, 2.24) is 4.90 Å². The highest BCUT2D eigenvalue weighted by Gasteiger charge is 2.32. The van der Waals surface area contributed by atoms with Crippen molar-refractivity contribution in [1.29, 1.82) is 0 Å². The van der Waals surface area contributed by atoms with E-state index in [0.717, 1.165) is 31.5 Å². The molecule has 4 heteroatoms. The zero-order chi connectivity index (χ0) is 10.8. The van der Waals surface area contributed by atoms with Gasteiger partial charge in [0, 0.05) is 11.4 Å². The van der Waals surface area contributed by atoms with Gasteiger partial charge in [0.25, 0.3) is 0 Å². The summed E-state index contributed by atoms with van der Waals surface area (Å²) < 4.78 is 0. The SMILES string of the molecule is CCCN1CCc2sccc2C1C(=O)O. The second kappa shape index (κ2) is 4.33. The third kappa shape index (κ3) is 1.92. The number of carboxylic acid groups (broad SMARTS) is 1. The summed E-state index contributed by atoms with van der Waals surface area (Å²) >= 11 is 1.68. The minimum absolute atomic E-state index is 0.417. The van der Waals surface area contributed by atoms with Crippen LogP contribution in [0, 0.1) is 0 Å². The van der Waals surface area contributed by atoms with Gasteiger partial charge in [-0.05, 0) is 36.4 Å². The Morgan fingerprint density at radius 1 is 1.73 bits per heavy atom. The maximum absolute atomic E-state index is 11.3. The minimum Gasteiger partial charge on any atom is -0.480 e. The number of aliphatic carboxylic acids is 1. The number of thiophene rings is 1. The Labute approximate surface area is 93.3 Å². The number of nitrogens with zero attached hydrogens (tertiary/aromatic N) is 1. The first-order valence-corrected chi connectivity index (χ1v) is 6.15. The van der Waals surface area contributed by atoms with Crippen LogP contribution >= 0.6 is 11.3 Å². The quantitative estimate of drug-likeness (QED) is 0.856. The molecule has 1 unspecified atom stereocenters. The largest absolute Gasteiger partial charge is 0.480 e. The van der Waals surface area contributed by atoms with E-state index in [0.29, 0.717) is 0 Å². The fourth-order valence-electron chi connectivity index (χ4n) is 2.19. The Bertz CT molecular complexity index is 361. The molecule has 2 rings (SSSR count). The van der Waals surface area contributed by atoms with E-state index >= 15 is 0 Å². The molecule has 0 radical (unpaired) electrons. The van der Waals surface area contributed by atoms with Crippen LogP contribution in [0.5, 0.6) is 0 Å². The standard InChI is InChI=1S/C11H15NO2S/c1-2-5-12-6-3-9-8(4-7-15-9)10(12)11(13)14/h4,7,10H,2-3,5-6H2,1H3,(H,13,14). The van der Waals surface area contributed by atoms with Gasteiger partial charge in [-0.2, -0.15) is 0 Å². The topological polar surface area (TPSA) is 40.5 Å². The van der Waals surface area contributed by atoms with Crippen LogP contribution in [0.25, 0.3) is 0 Å². The van der Waals surface area contributed by atoms with Gasteiger partial charge in [0.2, 0.25) is 0 Å². The van der Waals surface area contributed by atoms with Crippen molar-refractivity contribution in [2.75, 3.05) is 13.1 Å². The van der Waals surface area contributed by atoms with E-state index in [1.165, 1.54) is 4.88 Å². The van der Waals surface area contributed by atoms with E-state index in [1.807, 2.05) is 11.4 Å². The highest BCUT2D eigenvalue weighted by Crippen LogP contribution is 2.33.